The second-order valence-electron chi connectivity index (χ2n) is 6.51. The number of methoxy groups -OCH3 is 1. The van der Waals surface area contributed by atoms with Crippen molar-refractivity contribution in [3.8, 4) is 5.75 Å². The normalized spacial score (nSPS) is 16.4. The molecule has 0 fully saturated rings. The minimum atomic E-state index is -0.770. The van der Waals surface area contributed by atoms with Gasteiger partial charge in [-0.15, -0.1) is 11.3 Å². The predicted molar refractivity (Wildman–Crippen MR) is 109 cm³/mol. The summed E-state index contributed by atoms with van der Waals surface area (Å²) < 4.78 is 5.48. The highest BCUT2D eigenvalue weighted by Crippen LogP contribution is 2.43. The van der Waals surface area contributed by atoms with E-state index in [1.165, 1.54) is 23.3 Å². The first kappa shape index (κ1) is 18.9. The molecular weight excluding hydrogens is 388 g/mol. The van der Waals surface area contributed by atoms with E-state index in [1.807, 2.05) is 18.2 Å². The summed E-state index contributed by atoms with van der Waals surface area (Å²) in [7, 11) is 1.53. The Labute approximate surface area is 171 Å². The van der Waals surface area contributed by atoms with Crippen molar-refractivity contribution in [3.63, 3.8) is 0 Å². The van der Waals surface area contributed by atoms with Crippen molar-refractivity contribution in [1.29, 1.82) is 0 Å². The highest BCUT2D eigenvalue weighted by molar-refractivity contribution is 7.12. The van der Waals surface area contributed by atoms with Gasteiger partial charge in [-0.2, -0.15) is 0 Å². The number of ether oxygens (including phenoxy) is 1. The average Bonchev–Trinajstić information content (AvgIpc) is 3.37. The van der Waals surface area contributed by atoms with Crippen molar-refractivity contribution < 1.29 is 19.4 Å². The number of nitrogens with zero attached hydrogens (tertiary/aromatic N) is 2. The summed E-state index contributed by atoms with van der Waals surface area (Å²) in [6, 6.07) is 13.5. The number of carbonyl (C=O) groups excluding carboxylic acids is 2. The van der Waals surface area contributed by atoms with Crippen LogP contribution in [-0.2, 0) is 11.3 Å². The van der Waals surface area contributed by atoms with Crippen LogP contribution in [0, 0.1) is 0 Å². The van der Waals surface area contributed by atoms with Gasteiger partial charge in [0, 0.05) is 24.5 Å². The van der Waals surface area contributed by atoms with Crippen molar-refractivity contribution >= 4 is 23.0 Å². The number of ketones is 1. The molecular formula is C22H18N2O4S. The van der Waals surface area contributed by atoms with Crippen LogP contribution in [0.15, 0.2) is 77.6 Å². The largest absolute Gasteiger partial charge is 0.503 e. The summed E-state index contributed by atoms with van der Waals surface area (Å²) in [6.45, 7) is 0.195. The smallest absolute Gasteiger partial charge is 0.290 e. The SMILES string of the molecule is COc1ccccc1C1C(C(=O)c2cccs2)=C(O)C(=O)N1Cc1cccnc1. The van der Waals surface area contributed by atoms with E-state index >= 15 is 0 Å². The monoisotopic (exact) mass is 406 g/mol. The molecule has 0 aliphatic carbocycles. The molecule has 1 unspecified atom stereocenters. The molecule has 3 heterocycles. The molecule has 1 atom stereocenters. The molecule has 4 rings (SSSR count). The van der Waals surface area contributed by atoms with Crippen molar-refractivity contribution in [2.24, 2.45) is 0 Å². The zero-order valence-electron chi connectivity index (χ0n) is 15.6. The Morgan fingerprint density at radius 3 is 2.72 bits per heavy atom. The van der Waals surface area contributed by atoms with Crippen LogP contribution in [-0.4, -0.2) is 33.8 Å². The molecule has 0 radical (unpaired) electrons. The molecule has 0 saturated heterocycles. The number of amides is 1. The maximum atomic E-state index is 13.2. The quantitative estimate of drug-likeness (QED) is 0.628. The third-order valence-corrected chi connectivity index (χ3v) is 5.67. The summed E-state index contributed by atoms with van der Waals surface area (Å²) in [6.07, 6.45) is 3.30. The molecule has 1 aliphatic heterocycles. The number of pyridine rings is 1. The van der Waals surface area contributed by atoms with Crippen molar-refractivity contribution in [3.05, 3.63) is 93.6 Å². The molecule has 0 saturated carbocycles. The topological polar surface area (TPSA) is 79.7 Å². The Kier molecular flexibility index (Phi) is 5.14. The molecule has 29 heavy (non-hydrogen) atoms. The van der Waals surface area contributed by atoms with Gasteiger partial charge >= 0.3 is 0 Å². The highest BCUT2D eigenvalue weighted by atomic mass is 32.1. The number of para-hydroxylation sites is 1. The van der Waals surface area contributed by atoms with E-state index in [2.05, 4.69) is 4.98 Å². The Bertz CT molecular complexity index is 1080. The van der Waals surface area contributed by atoms with Gasteiger partial charge in [0.15, 0.2) is 5.76 Å². The maximum Gasteiger partial charge on any atom is 0.290 e. The Hall–Kier alpha value is -3.45. The molecule has 0 bridgehead atoms. The lowest BCUT2D eigenvalue weighted by Gasteiger charge is -2.27. The van der Waals surface area contributed by atoms with E-state index in [-0.39, 0.29) is 17.9 Å². The third kappa shape index (κ3) is 3.40. The minimum absolute atomic E-state index is 0.0610. The van der Waals surface area contributed by atoms with Gasteiger partial charge in [-0.25, -0.2) is 0 Å². The molecule has 1 N–H and O–H groups in total. The van der Waals surface area contributed by atoms with Crippen molar-refractivity contribution in [2.75, 3.05) is 7.11 Å². The van der Waals surface area contributed by atoms with E-state index in [9.17, 15) is 14.7 Å². The molecule has 1 aliphatic rings. The van der Waals surface area contributed by atoms with Gasteiger partial charge in [0.05, 0.1) is 23.6 Å². The molecule has 7 heteroatoms. The van der Waals surface area contributed by atoms with E-state index < -0.39 is 17.7 Å². The molecule has 1 amide bonds. The summed E-state index contributed by atoms with van der Waals surface area (Å²) >= 11 is 1.27. The lowest BCUT2D eigenvalue weighted by atomic mass is 9.94. The number of benzene rings is 1. The number of aliphatic hydroxyl groups excluding tert-OH is 1. The Morgan fingerprint density at radius 1 is 1.21 bits per heavy atom. The third-order valence-electron chi connectivity index (χ3n) is 4.80. The first-order chi connectivity index (χ1) is 14.1. The summed E-state index contributed by atoms with van der Waals surface area (Å²) in [5.41, 5.74) is 1.49. The van der Waals surface area contributed by atoms with Crippen LogP contribution in [0.4, 0.5) is 0 Å². The Balaban J connectivity index is 1.84. The van der Waals surface area contributed by atoms with Crippen LogP contribution in [0.5, 0.6) is 5.75 Å². The number of hydrogen-bond donors (Lipinski definition) is 1. The van der Waals surface area contributed by atoms with E-state index in [0.717, 1.165) is 5.56 Å². The molecule has 6 nitrogen and oxygen atoms in total. The number of aromatic nitrogens is 1. The van der Waals surface area contributed by atoms with Gasteiger partial charge < -0.3 is 14.7 Å². The first-order valence-electron chi connectivity index (χ1n) is 8.96. The second-order valence-corrected chi connectivity index (χ2v) is 7.46. The summed E-state index contributed by atoms with van der Waals surface area (Å²) in [5, 5.41) is 12.5. The zero-order chi connectivity index (χ0) is 20.4. The fourth-order valence-electron chi connectivity index (χ4n) is 3.49. The standard InChI is InChI=1S/C22H18N2O4S/c1-28-16-8-3-2-7-15(16)19-18(20(25)17-9-5-11-29-17)21(26)22(27)24(19)13-14-6-4-10-23-12-14/h2-12,19,26H,13H2,1H3. The number of Topliss-reactive ketones (excluding diaryl/α,β-unsaturated/α-hetero) is 1. The molecule has 1 aromatic carbocycles. The van der Waals surface area contributed by atoms with Crippen LogP contribution >= 0.6 is 11.3 Å². The number of carbonyl (C=O) groups is 2. The van der Waals surface area contributed by atoms with Gasteiger partial charge in [-0.05, 0) is 29.1 Å². The average molecular weight is 406 g/mol. The summed E-state index contributed by atoms with van der Waals surface area (Å²) in [4.78, 5) is 32.2. The van der Waals surface area contributed by atoms with Crippen LogP contribution < -0.4 is 4.74 Å². The summed E-state index contributed by atoms with van der Waals surface area (Å²) in [5.74, 6) is -0.948. The van der Waals surface area contributed by atoms with Gasteiger partial charge in [-0.3, -0.25) is 14.6 Å². The number of aliphatic hydroxyl groups is 1. The van der Waals surface area contributed by atoms with Gasteiger partial charge in [0.25, 0.3) is 5.91 Å². The zero-order valence-corrected chi connectivity index (χ0v) is 16.4. The van der Waals surface area contributed by atoms with Gasteiger partial charge in [-0.1, -0.05) is 30.3 Å². The van der Waals surface area contributed by atoms with Gasteiger partial charge in [0.1, 0.15) is 5.75 Å². The highest BCUT2D eigenvalue weighted by Gasteiger charge is 2.45. The minimum Gasteiger partial charge on any atom is -0.503 e. The lowest BCUT2D eigenvalue weighted by Crippen LogP contribution is -2.31. The maximum absolute atomic E-state index is 13.2. The lowest BCUT2D eigenvalue weighted by molar-refractivity contribution is -0.130. The fourth-order valence-corrected chi connectivity index (χ4v) is 4.17. The Morgan fingerprint density at radius 2 is 2.03 bits per heavy atom. The molecule has 146 valence electrons. The van der Waals surface area contributed by atoms with Crippen LogP contribution in [0.2, 0.25) is 0 Å². The van der Waals surface area contributed by atoms with E-state index in [0.29, 0.717) is 16.2 Å². The van der Waals surface area contributed by atoms with Crippen LogP contribution in [0.1, 0.15) is 26.8 Å². The van der Waals surface area contributed by atoms with E-state index in [1.54, 1.807) is 48.1 Å². The van der Waals surface area contributed by atoms with Crippen LogP contribution in [0.25, 0.3) is 0 Å². The first-order valence-corrected chi connectivity index (χ1v) is 9.84. The fraction of sp³-hybridized carbons (Fsp3) is 0.136. The molecule has 3 aromatic rings. The van der Waals surface area contributed by atoms with Gasteiger partial charge in [0.2, 0.25) is 5.78 Å². The van der Waals surface area contributed by atoms with Crippen molar-refractivity contribution in [2.45, 2.75) is 12.6 Å². The van der Waals surface area contributed by atoms with E-state index in [4.69, 9.17) is 4.74 Å². The predicted octanol–water partition coefficient (Wildman–Crippen LogP) is 3.93. The van der Waals surface area contributed by atoms with Crippen LogP contribution in [0.3, 0.4) is 0 Å². The number of hydrogen-bond acceptors (Lipinski definition) is 6. The van der Waals surface area contributed by atoms with Crippen molar-refractivity contribution in [1.82, 2.24) is 9.88 Å². The number of thiophene rings is 1. The second kappa shape index (κ2) is 7.89. The molecule has 0 spiro atoms. The number of rotatable bonds is 6. The molecule has 2 aromatic heterocycles.